The third kappa shape index (κ3) is 1.78. The molecular weight excluding hydrogens is 204 g/mol. The molecule has 2 heterocycles. The van der Waals surface area contributed by atoms with Gasteiger partial charge in [-0.25, -0.2) is 4.98 Å². The number of aryl methyl sites for hydroxylation is 1. The van der Waals surface area contributed by atoms with Crippen molar-refractivity contribution in [1.82, 2.24) is 9.97 Å². The van der Waals surface area contributed by atoms with Gasteiger partial charge in [-0.2, -0.15) is 0 Å². The Labute approximate surface area is 94.1 Å². The van der Waals surface area contributed by atoms with Gasteiger partial charge in [-0.05, 0) is 32.1 Å². The van der Waals surface area contributed by atoms with Crippen LogP contribution in [0.5, 0.6) is 0 Å². The summed E-state index contributed by atoms with van der Waals surface area (Å²) in [5.41, 5.74) is 1.98. The van der Waals surface area contributed by atoms with Crippen molar-refractivity contribution in [2.24, 2.45) is 0 Å². The molecule has 0 saturated carbocycles. The highest BCUT2D eigenvalue weighted by atomic mass is 16.5. The monoisotopic (exact) mass is 220 g/mol. The van der Waals surface area contributed by atoms with E-state index in [1.54, 1.807) is 0 Å². The van der Waals surface area contributed by atoms with Crippen LogP contribution in [0, 0.1) is 0 Å². The van der Waals surface area contributed by atoms with Gasteiger partial charge >= 0.3 is 0 Å². The standard InChI is InChI=1S/C12H16N2O2/c15-12-9-4-1-5-10(9)13-11(14-12)7-8-3-2-6-16-8/h8H,1-7H2,(H,13,14,15). The van der Waals surface area contributed by atoms with E-state index in [-0.39, 0.29) is 11.7 Å². The van der Waals surface area contributed by atoms with Gasteiger partial charge in [0.25, 0.3) is 5.56 Å². The Morgan fingerprint density at radius 3 is 3.12 bits per heavy atom. The first-order chi connectivity index (χ1) is 7.83. The number of hydrogen-bond acceptors (Lipinski definition) is 3. The molecular formula is C12H16N2O2. The lowest BCUT2D eigenvalue weighted by Crippen LogP contribution is -2.20. The number of ether oxygens (including phenoxy) is 1. The van der Waals surface area contributed by atoms with Gasteiger partial charge in [-0.3, -0.25) is 4.79 Å². The van der Waals surface area contributed by atoms with Crippen molar-refractivity contribution in [1.29, 1.82) is 0 Å². The summed E-state index contributed by atoms with van der Waals surface area (Å²) >= 11 is 0. The number of rotatable bonds is 2. The number of aromatic amines is 1. The molecule has 0 radical (unpaired) electrons. The zero-order valence-electron chi connectivity index (χ0n) is 9.29. The van der Waals surface area contributed by atoms with Crippen molar-refractivity contribution in [2.75, 3.05) is 6.61 Å². The molecule has 4 nitrogen and oxygen atoms in total. The van der Waals surface area contributed by atoms with E-state index in [2.05, 4.69) is 9.97 Å². The van der Waals surface area contributed by atoms with E-state index in [0.29, 0.717) is 0 Å². The molecule has 1 atom stereocenters. The maximum absolute atomic E-state index is 11.8. The Kier molecular flexibility index (Phi) is 2.52. The Bertz CT molecular complexity index is 447. The molecule has 86 valence electrons. The number of aromatic nitrogens is 2. The van der Waals surface area contributed by atoms with Crippen molar-refractivity contribution in [3.8, 4) is 0 Å². The average Bonchev–Trinajstić information content (AvgIpc) is 2.87. The fraction of sp³-hybridized carbons (Fsp3) is 0.667. The third-order valence-corrected chi connectivity index (χ3v) is 3.44. The largest absolute Gasteiger partial charge is 0.378 e. The molecule has 1 fully saturated rings. The second-order valence-electron chi connectivity index (χ2n) is 4.63. The van der Waals surface area contributed by atoms with Crippen LogP contribution in [0.3, 0.4) is 0 Å². The highest BCUT2D eigenvalue weighted by Crippen LogP contribution is 2.18. The van der Waals surface area contributed by atoms with E-state index in [0.717, 1.165) is 62.2 Å². The van der Waals surface area contributed by atoms with Gasteiger partial charge < -0.3 is 9.72 Å². The summed E-state index contributed by atoms with van der Waals surface area (Å²) in [5, 5.41) is 0. The van der Waals surface area contributed by atoms with Crippen molar-refractivity contribution >= 4 is 0 Å². The molecule has 1 aromatic heterocycles. The Balaban J connectivity index is 1.85. The van der Waals surface area contributed by atoms with Crippen molar-refractivity contribution in [3.05, 3.63) is 27.4 Å². The average molecular weight is 220 g/mol. The summed E-state index contributed by atoms with van der Waals surface area (Å²) < 4.78 is 5.55. The van der Waals surface area contributed by atoms with Crippen LogP contribution < -0.4 is 5.56 Å². The van der Waals surface area contributed by atoms with Crippen LogP contribution in [0.25, 0.3) is 0 Å². The molecule has 1 saturated heterocycles. The van der Waals surface area contributed by atoms with Gasteiger partial charge in [0.15, 0.2) is 0 Å². The van der Waals surface area contributed by atoms with E-state index >= 15 is 0 Å². The summed E-state index contributed by atoms with van der Waals surface area (Å²) in [6.07, 6.45) is 6.12. The summed E-state index contributed by atoms with van der Waals surface area (Å²) in [7, 11) is 0. The Morgan fingerprint density at radius 2 is 2.31 bits per heavy atom. The lowest BCUT2D eigenvalue weighted by Gasteiger charge is -2.09. The second kappa shape index (κ2) is 4.01. The molecule has 1 aromatic rings. The van der Waals surface area contributed by atoms with E-state index in [9.17, 15) is 4.79 Å². The van der Waals surface area contributed by atoms with Crippen molar-refractivity contribution in [2.45, 2.75) is 44.6 Å². The molecule has 1 aliphatic carbocycles. The smallest absolute Gasteiger partial charge is 0.254 e. The van der Waals surface area contributed by atoms with E-state index in [1.165, 1.54) is 0 Å². The number of nitrogens with one attached hydrogen (secondary N) is 1. The minimum Gasteiger partial charge on any atom is -0.378 e. The normalized spacial score (nSPS) is 23.6. The Morgan fingerprint density at radius 1 is 1.38 bits per heavy atom. The quantitative estimate of drug-likeness (QED) is 0.808. The highest BCUT2D eigenvalue weighted by Gasteiger charge is 2.20. The third-order valence-electron chi connectivity index (χ3n) is 3.44. The predicted octanol–water partition coefficient (Wildman–Crippen LogP) is 0.980. The van der Waals surface area contributed by atoms with Crippen LogP contribution in [0.2, 0.25) is 0 Å². The summed E-state index contributed by atoms with van der Waals surface area (Å²) in [5.74, 6) is 0.803. The van der Waals surface area contributed by atoms with Gasteiger partial charge in [0.05, 0.1) is 11.8 Å². The minimum atomic E-state index is 0.0653. The van der Waals surface area contributed by atoms with Gasteiger partial charge in [-0.15, -0.1) is 0 Å². The summed E-state index contributed by atoms with van der Waals surface area (Å²) in [6.45, 7) is 0.847. The molecule has 1 unspecified atom stereocenters. The summed E-state index contributed by atoms with van der Waals surface area (Å²) in [4.78, 5) is 19.2. The highest BCUT2D eigenvalue weighted by molar-refractivity contribution is 5.22. The van der Waals surface area contributed by atoms with Crippen molar-refractivity contribution < 1.29 is 4.74 Å². The zero-order chi connectivity index (χ0) is 11.0. The van der Waals surface area contributed by atoms with Gasteiger partial charge in [0.2, 0.25) is 0 Å². The first-order valence-corrected chi connectivity index (χ1v) is 6.05. The van der Waals surface area contributed by atoms with Crippen LogP contribution in [0.1, 0.15) is 36.3 Å². The van der Waals surface area contributed by atoms with Gasteiger partial charge in [0.1, 0.15) is 5.82 Å². The molecule has 2 aliphatic rings. The van der Waals surface area contributed by atoms with E-state index in [1.807, 2.05) is 0 Å². The maximum atomic E-state index is 11.8. The predicted molar refractivity (Wildman–Crippen MR) is 59.6 cm³/mol. The molecule has 16 heavy (non-hydrogen) atoms. The molecule has 0 aromatic carbocycles. The lowest BCUT2D eigenvalue weighted by molar-refractivity contribution is 0.110. The first-order valence-electron chi connectivity index (χ1n) is 6.05. The maximum Gasteiger partial charge on any atom is 0.254 e. The Hall–Kier alpha value is -1.16. The molecule has 0 bridgehead atoms. The molecule has 0 spiro atoms. The zero-order valence-corrected chi connectivity index (χ0v) is 9.29. The topological polar surface area (TPSA) is 55.0 Å². The van der Waals surface area contributed by atoms with Crippen LogP contribution >= 0.6 is 0 Å². The van der Waals surface area contributed by atoms with Crippen molar-refractivity contribution in [3.63, 3.8) is 0 Å². The van der Waals surface area contributed by atoms with E-state index < -0.39 is 0 Å². The van der Waals surface area contributed by atoms with Crippen LogP contribution in [0.15, 0.2) is 4.79 Å². The molecule has 0 amide bonds. The van der Waals surface area contributed by atoms with Crippen LogP contribution in [0.4, 0.5) is 0 Å². The number of hydrogen-bond donors (Lipinski definition) is 1. The number of nitrogens with zero attached hydrogens (tertiary/aromatic N) is 1. The lowest BCUT2D eigenvalue weighted by atomic mass is 10.1. The molecule has 1 aliphatic heterocycles. The van der Waals surface area contributed by atoms with E-state index in [4.69, 9.17) is 4.74 Å². The fourth-order valence-corrected chi connectivity index (χ4v) is 2.61. The number of H-pyrrole nitrogens is 1. The summed E-state index contributed by atoms with van der Waals surface area (Å²) in [6, 6.07) is 0. The van der Waals surface area contributed by atoms with Crippen LogP contribution in [-0.4, -0.2) is 22.7 Å². The first kappa shape index (κ1) is 10.0. The van der Waals surface area contributed by atoms with Crippen LogP contribution in [-0.2, 0) is 24.0 Å². The number of fused-ring (bicyclic) bond motifs is 1. The molecule has 1 N–H and O–H groups in total. The van der Waals surface area contributed by atoms with Gasteiger partial charge in [-0.1, -0.05) is 0 Å². The second-order valence-corrected chi connectivity index (χ2v) is 4.63. The minimum absolute atomic E-state index is 0.0653. The fourth-order valence-electron chi connectivity index (χ4n) is 2.61. The molecule has 3 rings (SSSR count). The van der Waals surface area contributed by atoms with Gasteiger partial charge in [0, 0.05) is 18.6 Å². The SMILES string of the molecule is O=c1[nH]c(CC2CCCO2)nc2c1CCC2. The molecule has 4 heteroatoms.